The molecule has 0 aromatic rings. The summed E-state index contributed by atoms with van der Waals surface area (Å²) < 4.78 is 0. The summed E-state index contributed by atoms with van der Waals surface area (Å²) in [5.74, 6) is 1.82. The molecule has 14 heavy (non-hydrogen) atoms. The average Bonchev–Trinajstić information content (AvgIpc) is 2.32. The van der Waals surface area contributed by atoms with Crippen LogP contribution in [0.3, 0.4) is 0 Å². The van der Waals surface area contributed by atoms with Crippen molar-refractivity contribution in [1.29, 1.82) is 0 Å². The molecule has 0 saturated carbocycles. The largest absolute Gasteiger partial charge is 0.300 e. The maximum atomic E-state index is 11.1. The van der Waals surface area contributed by atoms with Gasteiger partial charge in [0.25, 0.3) is 0 Å². The van der Waals surface area contributed by atoms with Crippen LogP contribution in [0.1, 0.15) is 41.0 Å². The zero-order valence-corrected chi connectivity index (χ0v) is 10.1. The predicted octanol–water partition coefficient (Wildman–Crippen LogP) is 2.33. The molecule has 0 spiro atoms. The molecule has 0 aromatic heterocycles. The summed E-state index contributed by atoms with van der Waals surface area (Å²) in [6, 6.07) is 1.04. The monoisotopic (exact) mass is 197 g/mol. The first-order valence-electron chi connectivity index (χ1n) is 5.68. The number of nitrogens with zero attached hydrogens (tertiary/aromatic N) is 1. The Morgan fingerprint density at radius 1 is 1.43 bits per heavy atom. The lowest BCUT2D eigenvalue weighted by Crippen LogP contribution is -2.38. The molecule has 0 bridgehead atoms. The molecule has 1 fully saturated rings. The molecular weight excluding hydrogens is 174 g/mol. The van der Waals surface area contributed by atoms with Crippen LogP contribution in [0.2, 0.25) is 0 Å². The lowest BCUT2D eigenvalue weighted by molar-refractivity contribution is -0.118. The van der Waals surface area contributed by atoms with Crippen LogP contribution in [0, 0.1) is 11.8 Å². The van der Waals surface area contributed by atoms with Gasteiger partial charge in [-0.15, -0.1) is 0 Å². The van der Waals surface area contributed by atoms with Gasteiger partial charge in [0.1, 0.15) is 5.78 Å². The second-order valence-corrected chi connectivity index (χ2v) is 5.03. The molecular formula is C12H23NO. The van der Waals surface area contributed by atoms with E-state index in [0.29, 0.717) is 24.3 Å². The van der Waals surface area contributed by atoms with Crippen LogP contribution in [0.5, 0.6) is 0 Å². The highest BCUT2D eigenvalue weighted by atomic mass is 16.1. The number of hydrogen-bond donors (Lipinski definition) is 0. The lowest BCUT2D eigenvalue weighted by atomic mass is 9.95. The van der Waals surface area contributed by atoms with E-state index in [1.54, 1.807) is 6.92 Å². The van der Waals surface area contributed by atoms with Crippen molar-refractivity contribution in [3.05, 3.63) is 0 Å². The Morgan fingerprint density at radius 3 is 2.36 bits per heavy atom. The summed E-state index contributed by atoms with van der Waals surface area (Å²) in [7, 11) is 0. The molecule has 1 saturated heterocycles. The van der Waals surface area contributed by atoms with E-state index >= 15 is 0 Å². The van der Waals surface area contributed by atoms with Crippen LogP contribution in [-0.2, 0) is 4.79 Å². The zero-order chi connectivity index (χ0) is 10.9. The molecule has 1 aliphatic heterocycles. The maximum Gasteiger partial charge on any atom is 0.131 e. The van der Waals surface area contributed by atoms with Gasteiger partial charge in [-0.3, -0.25) is 9.69 Å². The van der Waals surface area contributed by atoms with E-state index in [1.165, 1.54) is 0 Å². The van der Waals surface area contributed by atoms with Crippen LogP contribution in [-0.4, -0.2) is 29.3 Å². The first-order valence-corrected chi connectivity index (χ1v) is 5.68. The van der Waals surface area contributed by atoms with E-state index in [0.717, 1.165) is 18.4 Å². The summed E-state index contributed by atoms with van der Waals surface area (Å²) in [4.78, 5) is 13.5. The van der Waals surface area contributed by atoms with Gasteiger partial charge in [-0.05, 0) is 32.6 Å². The summed E-state index contributed by atoms with van der Waals surface area (Å²) in [6.45, 7) is 11.9. The van der Waals surface area contributed by atoms with Crippen molar-refractivity contribution in [2.45, 2.75) is 53.1 Å². The van der Waals surface area contributed by atoms with E-state index < -0.39 is 0 Å². The molecule has 0 aromatic carbocycles. The standard InChI is InChI=1S/C12H23NO/c1-8-7-13(12(5)11(8)4)9(2)6-10(3)14/h8-9,11-12H,6-7H2,1-5H3. The van der Waals surface area contributed by atoms with Crippen LogP contribution < -0.4 is 0 Å². The maximum absolute atomic E-state index is 11.1. The van der Waals surface area contributed by atoms with Crippen molar-refractivity contribution in [2.75, 3.05) is 6.54 Å². The van der Waals surface area contributed by atoms with Crippen LogP contribution >= 0.6 is 0 Å². The predicted molar refractivity (Wildman–Crippen MR) is 59.3 cm³/mol. The van der Waals surface area contributed by atoms with Gasteiger partial charge < -0.3 is 0 Å². The number of likely N-dealkylation sites (tertiary alicyclic amines) is 1. The molecule has 1 heterocycles. The second kappa shape index (κ2) is 4.43. The molecule has 4 atom stereocenters. The zero-order valence-electron chi connectivity index (χ0n) is 10.1. The van der Waals surface area contributed by atoms with Crippen molar-refractivity contribution in [1.82, 2.24) is 4.90 Å². The highest BCUT2D eigenvalue weighted by Gasteiger charge is 2.35. The third kappa shape index (κ3) is 2.35. The smallest absolute Gasteiger partial charge is 0.131 e. The topological polar surface area (TPSA) is 20.3 Å². The molecule has 2 nitrogen and oxygen atoms in total. The first kappa shape index (κ1) is 11.7. The van der Waals surface area contributed by atoms with Gasteiger partial charge in [0.2, 0.25) is 0 Å². The van der Waals surface area contributed by atoms with E-state index in [-0.39, 0.29) is 0 Å². The minimum Gasteiger partial charge on any atom is -0.300 e. The van der Waals surface area contributed by atoms with E-state index in [2.05, 4.69) is 32.6 Å². The molecule has 0 radical (unpaired) electrons. The fraction of sp³-hybridized carbons (Fsp3) is 0.917. The summed E-state index contributed by atoms with van der Waals surface area (Å²) in [6.07, 6.45) is 0.698. The van der Waals surface area contributed by atoms with Gasteiger partial charge in [-0.2, -0.15) is 0 Å². The molecule has 82 valence electrons. The molecule has 0 N–H and O–H groups in total. The Kier molecular flexibility index (Phi) is 3.71. The Bertz CT molecular complexity index is 214. The third-order valence-electron chi connectivity index (χ3n) is 3.83. The van der Waals surface area contributed by atoms with Crippen LogP contribution in [0.4, 0.5) is 0 Å². The van der Waals surface area contributed by atoms with Crippen molar-refractivity contribution < 1.29 is 4.79 Å². The van der Waals surface area contributed by atoms with E-state index in [1.807, 2.05) is 0 Å². The third-order valence-corrected chi connectivity index (χ3v) is 3.83. The number of carbonyl (C=O) groups is 1. The van der Waals surface area contributed by atoms with Gasteiger partial charge in [-0.1, -0.05) is 13.8 Å². The summed E-state index contributed by atoms with van der Waals surface area (Å²) >= 11 is 0. The number of hydrogen-bond acceptors (Lipinski definition) is 2. The summed E-state index contributed by atoms with van der Waals surface area (Å²) in [5.41, 5.74) is 0. The van der Waals surface area contributed by atoms with Crippen molar-refractivity contribution in [3.63, 3.8) is 0 Å². The number of rotatable bonds is 3. The quantitative estimate of drug-likeness (QED) is 0.692. The van der Waals surface area contributed by atoms with Gasteiger partial charge in [-0.25, -0.2) is 0 Å². The SMILES string of the molecule is CC(=O)CC(C)N1CC(C)C(C)C1C. The minimum absolute atomic E-state index is 0.303. The minimum atomic E-state index is 0.303. The van der Waals surface area contributed by atoms with E-state index in [9.17, 15) is 4.79 Å². The van der Waals surface area contributed by atoms with Crippen LogP contribution in [0.25, 0.3) is 0 Å². The van der Waals surface area contributed by atoms with Gasteiger partial charge in [0, 0.05) is 25.0 Å². The van der Waals surface area contributed by atoms with Crippen molar-refractivity contribution >= 4 is 5.78 Å². The first-order chi connectivity index (χ1) is 6.43. The van der Waals surface area contributed by atoms with Gasteiger partial charge in [0.05, 0.1) is 0 Å². The molecule has 4 unspecified atom stereocenters. The Morgan fingerprint density at radius 2 is 2.00 bits per heavy atom. The Hall–Kier alpha value is -0.370. The Balaban J connectivity index is 2.57. The molecule has 0 aliphatic carbocycles. The highest BCUT2D eigenvalue weighted by Crippen LogP contribution is 2.31. The normalized spacial score (nSPS) is 35.9. The Labute approximate surface area is 87.7 Å². The highest BCUT2D eigenvalue weighted by molar-refractivity contribution is 5.76. The lowest BCUT2D eigenvalue weighted by Gasteiger charge is -2.29. The fourth-order valence-electron chi connectivity index (χ4n) is 2.56. The summed E-state index contributed by atoms with van der Waals surface area (Å²) in [5, 5.41) is 0. The number of ketones is 1. The average molecular weight is 197 g/mol. The second-order valence-electron chi connectivity index (χ2n) is 5.03. The fourth-order valence-corrected chi connectivity index (χ4v) is 2.56. The van der Waals surface area contributed by atoms with E-state index in [4.69, 9.17) is 0 Å². The molecule has 1 aliphatic rings. The molecule has 0 amide bonds. The molecule has 1 rings (SSSR count). The van der Waals surface area contributed by atoms with Gasteiger partial charge in [0.15, 0.2) is 0 Å². The number of carbonyl (C=O) groups excluding carboxylic acids is 1. The van der Waals surface area contributed by atoms with Crippen molar-refractivity contribution in [3.8, 4) is 0 Å². The molecule has 2 heteroatoms. The van der Waals surface area contributed by atoms with Crippen LogP contribution in [0.15, 0.2) is 0 Å². The number of Topliss-reactive ketones (excluding diaryl/α,β-unsaturated/α-hetero) is 1. The van der Waals surface area contributed by atoms with Gasteiger partial charge >= 0.3 is 0 Å². The van der Waals surface area contributed by atoms with Crippen molar-refractivity contribution in [2.24, 2.45) is 11.8 Å².